The maximum atomic E-state index is 9.88. The number of hydrogen-bond acceptors (Lipinski definition) is 4. The molecule has 3 rings (SSSR count). The fourth-order valence-electron chi connectivity index (χ4n) is 3.92. The molecule has 0 radical (unpaired) electrons. The Morgan fingerprint density at radius 1 is 1.11 bits per heavy atom. The van der Waals surface area contributed by atoms with Crippen LogP contribution in [0.5, 0.6) is 11.5 Å². The van der Waals surface area contributed by atoms with E-state index in [-0.39, 0.29) is 11.5 Å². The van der Waals surface area contributed by atoms with Gasteiger partial charge < -0.3 is 20.4 Å². The lowest BCUT2D eigenvalue weighted by molar-refractivity contribution is 0.298. The van der Waals surface area contributed by atoms with Crippen LogP contribution in [0.25, 0.3) is 5.70 Å². The number of hydrogen-bond donors (Lipinski definition) is 3. The molecule has 27 heavy (non-hydrogen) atoms. The number of nitrogens with zero attached hydrogens (tertiary/aromatic N) is 1. The molecule has 4 nitrogen and oxygen atoms in total. The first-order valence-electron chi connectivity index (χ1n) is 9.83. The van der Waals surface area contributed by atoms with Gasteiger partial charge in [-0.25, -0.2) is 0 Å². The van der Waals surface area contributed by atoms with Crippen molar-refractivity contribution >= 4 is 5.70 Å². The summed E-state index contributed by atoms with van der Waals surface area (Å²) in [6.45, 7) is 5.02. The van der Waals surface area contributed by atoms with E-state index in [1.54, 1.807) is 12.1 Å². The van der Waals surface area contributed by atoms with Crippen molar-refractivity contribution in [2.24, 2.45) is 0 Å². The minimum absolute atomic E-state index is 0.0641. The molecule has 0 saturated carbocycles. The normalized spacial score (nSPS) is 15.9. The molecule has 1 aliphatic heterocycles. The third kappa shape index (κ3) is 4.64. The van der Waals surface area contributed by atoms with Crippen LogP contribution in [0.2, 0.25) is 0 Å². The fourth-order valence-corrected chi connectivity index (χ4v) is 3.92. The number of aromatic hydroxyl groups is 2. The van der Waals surface area contributed by atoms with Crippen molar-refractivity contribution in [2.45, 2.75) is 38.6 Å². The Hall–Kier alpha value is -2.46. The lowest BCUT2D eigenvalue weighted by Crippen LogP contribution is -2.31. The smallest absolute Gasteiger partial charge is 0.158 e. The van der Waals surface area contributed by atoms with Crippen LogP contribution in [0.4, 0.5) is 0 Å². The first-order valence-corrected chi connectivity index (χ1v) is 9.83. The topological polar surface area (TPSA) is 55.7 Å². The van der Waals surface area contributed by atoms with Crippen LogP contribution in [-0.2, 0) is 6.54 Å². The maximum Gasteiger partial charge on any atom is 0.158 e. The van der Waals surface area contributed by atoms with E-state index >= 15 is 0 Å². The molecule has 0 atom stereocenters. The van der Waals surface area contributed by atoms with Gasteiger partial charge in [0.1, 0.15) is 0 Å². The van der Waals surface area contributed by atoms with Crippen LogP contribution in [0, 0.1) is 0 Å². The van der Waals surface area contributed by atoms with E-state index in [0.717, 1.165) is 50.2 Å². The maximum absolute atomic E-state index is 9.88. The third-order valence-electron chi connectivity index (χ3n) is 5.31. The molecule has 2 aromatic rings. The van der Waals surface area contributed by atoms with Crippen LogP contribution in [-0.4, -0.2) is 35.3 Å². The van der Waals surface area contributed by atoms with Crippen molar-refractivity contribution in [3.8, 4) is 11.5 Å². The molecule has 1 saturated heterocycles. The van der Waals surface area contributed by atoms with Crippen LogP contribution in [0.1, 0.15) is 48.8 Å². The molecule has 4 heteroatoms. The fraction of sp³-hybridized carbons (Fsp3) is 0.391. The summed E-state index contributed by atoms with van der Waals surface area (Å²) in [5, 5.41) is 22.7. The minimum atomic E-state index is -0.0743. The average Bonchev–Trinajstić information content (AvgIpc) is 2.69. The van der Waals surface area contributed by atoms with E-state index < -0.39 is 0 Å². The van der Waals surface area contributed by atoms with Gasteiger partial charge in [0.05, 0.1) is 0 Å². The number of likely N-dealkylation sites (tertiary alicyclic amines) is 1. The molecule has 0 unspecified atom stereocenters. The van der Waals surface area contributed by atoms with Gasteiger partial charge in [-0.2, -0.15) is 0 Å². The Morgan fingerprint density at radius 3 is 2.56 bits per heavy atom. The summed E-state index contributed by atoms with van der Waals surface area (Å²) in [7, 11) is 1.98. The molecule has 0 spiro atoms. The largest absolute Gasteiger partial charge is 0.504 e. The SMILES string of the molecule is CC/C=C(\c1ccc(O)c(O)c1)N1CCC(c2cccc(CNC)c2)CC1. The van der Waals surface area contributed by atoms with Crippen molar-refractivity contribution in [1.29, 1.82) is 0 Å². The third-order valence-corrected chi connectivity index (χ3v) is 5.31. The predicted molar refractivity (Wildman–Crippen MR) is 111 cm³/mol. The molecule has 2 aromatic carbocycles. The zero-order chi connectivity index (χ0) is 19.2. The Balaban J connectivity index is 1.72. The minimum Gasteiger partial charge on any atom is -0.504 e. The predicted octanol–water partition coefficient (Wildman–Crippen LogP) is 4.45. The molecular formula is C23H30N2O2. The molecule has 0 amide bonds. The van der Waals surface area contributed by atoms with Crippen molar-refractivity contribution in [3.05, 3.63) is 65.2 Å². The van der Waals surface area contributed by atoms with E-state index in [2.05, 4.69) is 47.5 Å². The summed E-state index contributed by atoms with van der Waals surface area (Å²) >= 11 is 0. The molecule has 0 aliphatic carbocycles. The highest BCUT2D eigenvalue weighted by molar-refractivity contribution is 5.66. The van der Waals surface area contributed by atoms with E-state index in [9.17, 15) is 10.2 Å². The molecule has 1 fully saturated rings. The van der Waals surface area contributed by atoms with Gasteiger partial charge in [0, 0.05) is 30.9 Å². The lowest BCUT2D eigenvalue weighted by Gasteiger charge is -2.36. The highest BCUT2D eigenvalue weighted by Gasteiger charge is 2.23. The van der Waals surface area contributed by atoms with Gasteiger partial charge in [0.2, 0.25) is 0 Å². The number of phenols is 2. The van der Waals surface area contributed by atoms with Crippen molar-refractivity contribution in [3.63, 3.8) is 0 Å². The number of allylic oxidation sites excluding steroid dienone is 1. The van der Waals surface area contributed by atoms with Crippen LogP contribution < -0.4 is 5.32 Å². The number of rotatable bonds is 6. The zero-order valence-corrected chi connectivity index (χ0v) is 16.3. The van der Waals surface area contributed by atoms with E-state index in [0.29, 0.717) is 5.92 Å². The Kier molecular flexibility index (Phi) is 6.40. The average molecular weight is 367 g/mol. The standard InChI is InChI=1S/C23H30N2O2/c1-3-5-21(20-8-9-22(26)23(27)15-20)25-12-10-18(11-13-25)19-7-4-6-17(14-19)16-24-2/h4-9,14-15,18,24,26-27H,3,10-13,16H2,1-2H3/b21-5+. The van der Waals surface area contributed by atoms with Crippen molar-refractivity contribution < 1.29 is 10.2 Å². The van der Waals surface area contributed by atoms with Gasteiger partial charge in [-0.05, 0) is 61.6 Å². The number of phenolic OH excluding ortho intramolecular Hbond substituents is 2. The number of benzene rings is 2. The first kappa shape index (κ1) is 19.3. The van der Waals surface area contributed by atoms with Crippen molar-refractivity contribution in [2.75, 3.05) is 20.1 Å². The Bertz CT molecular complexity index is 793. The lowest BCUT2D eigenvalue weighted by atomic mass is 9.88. The summed E-state index contributed by atoms with van der Waals surface area (Å²) in [4.78, 5) is 2.41. The van der Waals surface area contributed by atoms with Gasteiger partial charge in [0.15, 0.2) is 11.5 Å². The first-order chi connectivity index (χ1) is 13.1. The quantitative estimate of drug-likeness (QED) is 0.661. The molecule has 0 bridgehead atoms. The second-order valence-electron chi connectivity index (χ2n) is 7.24. The van der Waals surface area contributed by atoms with Gasteiger partial charge in [-0.3, -0.25) is 0 Å². The van der Waals surface area contributed by atoms with E-state index in [1.165, 1.54) is 11.1 Å². The summed E-state index contributed by atoms with van der Waals surface area (Å²) in [5.74, 6) is 0.453. The molecular weight excluding hydrogens is 336 g/mol. The molecule has 1 heterocycles. The zero-order valence-electron chi connectivity index (χ0n) is 16.3. The monoisotopic (exact) mass is 366 g/mol. The highest BCUT2D eigenvalue weighted by atomic mass is 16.3. The van der Waals surface area contributed by atoms with Gasteiger partial charge >= 0.3 is 0 Å². The second kappa shape index (κ2) is 8.96. The summed E-state index contributed by atoms with van der Waals surface area (Å²) in [5.41, 5.74) is 4.88. The molecule has 1 aliphatic rings. The van der Waals surface area contributed by atoms with Gasteiger partial charge in [-0.15, -0.1) is 0 Å². The molecule has 3 N–H and O–H groups in total. The molecule has 0 aromatic heterocycles. The summed E-state index contributed by atoms with van der Waals surface area (Å²) < 4.78 is 0. The van der Waals surface area contributed by atoms with Crippen molar-refractivity contribution in [1.82, 2.24) is 10.2 Å². The van der Waals surface area contributed by atoms with Gasteiger partial charge in [-0.1, -0.05) is 37.3 Å². The van der Waals surface area contributed by atoms with E-state index in [1.807, 2.05) is 13.1 Å². The van der Waals surface area contributed by atoms with Crippen LogP contribution in [0.15, 0.2) is 48.5 Å². The number of piperidine rings is 1. The summed E-state index contributed by atoms with van der Waals surface area (Å²) in [6.07, 6.45) is 5.38. The van der Waals surface area contributed by atoms with Crippen LogP contribution in [0.3, 0.4) is 0 Å². The highest BCUT2D eigenvalue weighted by Crippen LogP contribution is 2.34. The Morgan fingerprint density at radius 2 is 1.89 bits per heavy atom. The molecule has 144 valence electrons. The second-order valence-corrected chi connectivity index (χ2v) is 7.24. The Labute approximate surface area is 162 Å². The number of nitrogens with one attached hydrogen (secondary N) is 1. The van der Waals surface area contributed by atoms with E-state index in [4.69, 9.17) is 0 Å². The van der Waals surface area contributed by atoms with Gasteiger partial charge in [0.25, 0.3) is 0 Å². The van der Waals surface area contributed by atoms with Crippen LogP contribution >= 0.6 is 0 Å². The summed E-state index contributed by atoms with van der Waals surface area (Å²) in [6, 6.07) is 14.0.